The fraction of sp³-hybridized carbons (Fsp3) is 0.545. The highest BCUT2D eigenvalue weighted by Crippen LogP contribution is 2.23. The normalized spacial score (nSPS) is 17.2. The third-order valence-corrected chi connectivity index (χ3v) is 3.91. The van der Waals surface area contributed by atoms with Gasteiger partial charge in [-0.05, 0) is 18.2 Å². The van der Waals surface area contributed by atoms with Crippen LogP contribution in [0.5, 0.6) is 0 Å². The molecule has 0 aromatic carbocycles. The summed E-state index contributed by atoms with van der Waals surface area (Å²) in [4.78, 5) is 6.38. The Kier molecular flexibility index (Phi) is 4.29. The van der Waals surface area contributed by atoms with Crippen LogP contribution in [0.2, 0.25) is 0 Å². The molecular weight excluding hydrogens is 247 g/mol. The van der Waals surface area contributed by atoms with E-state index in [1.54, 1.807) is 0 Å². The Balaban J connectivity index is 2.23. The molecule has 1 aromatic rings. The lowest BCUT2D eigenvalue weighted by atomic mass is 10.2. The van der Waals surface area contributed by atoms with Crippen molar-refractivity contribution in [3.63, 3.8) is 0 Å². The van der Waals surface area contributed by atoms with Crippen molar-refractivity contribution in [3.05, 3.63) is 23.6 Å². The molecule has 0 amide bonds. The Morgan fingerprint density at radius 3 is 3.12 bits per heavy atom. The number of anilines is 1. The van der Waals surface area contributed by atoms with Gasteiger partial charge in [0.25, 0.3) is 0 Å². The van der Waals surface area contributed by atoms with Gasteiger partial charge in [-0.1, -0.05) is 0 Å². The Morgan fingerprint density at radius 1 is 1.44 bits per heavy atom. The minimum absolute atomic E-state index is 0.309. The van der Waals surface area contributed by atoms with Crippen LogP contribution in [0.25, 0.3) is 0 Å². The number of hydrogen-bond acceptors (Lipinski definition) is 3. The van der Waals surface area contributed by atoms with Crippen molar-refractivity contribution in [3.8, 4) is 0 Å². The van der Waals surface area contributed by atoms with Crippen molar-refractivity contribution in [1.82, 2.24) is 4.98 Å². The van der Waals surface area contributed by atoms with Crippen molar-refractivity contribution in [2.45, 2.75) is 12.3 Å². The van der Waals surface area contributed by atoms with E-state index in [0.717, 1.165) is 36.6 Å². The van der Waals surface area contributed by atoms with Gasteiger partial charge in [0.05, 0.1) is 12.1 Å². The lowest BCUT2D eigenvalue weighted by Crippen LogP contribution is -2.27. The maximum absolute atomic E-state index is 13.0. The van der Waals surface area contributed by atoms with Crippen LogP contribution in [0, 0.1) is 5.82 Å². The molecule has 0 radical (unpaired) electrons. The summed E-state index contributed by atoms with van der Waals surface area (Å²) >= 11 is 7.78. The van der Waals surface area contributed by atoms with Gasteiger partial charge in [0.15, 0.2) is 0 Å². The number of hydrogen-bond donors (Lipinski definition) is 0. The largest absolute Gasteiger partial charge is 0.355 e. The lowest BCUT2D eigenvalue weighted by Gasteiger charge is -2.23. The third kappa shape index (κ3) is 2.80. The number of thioether (sulfide) groups is 1. The Hall–Kier alpha value is -0.480. The Morgan fingerprint density at radius 2 is 2.31 bits per heavy atom. The molecule has 5 heteroatoms. The van der Waals surface area contributed by atoms with Gasteiger partial charge in [0, 0.05) is 24.4 Å². The molecule has 0 saturated carbocycles. The molecule has 1 aliphatic heterocycles. The number of halogens is 2. The van der Waals surface area contributed by atoms with Gasteiger partial charge in [-0.25, -0.2) is 9.37 Å². The highest BCUT2D eigenvalue weighted by molar-refractivity contribution is 7.99. The van der Waals surface area contributed by atoms with Gasteiger partial charge in [0.1, 0.15) is 11.6 Å². The van der Waals surface area contributed by atoms with Crippen LogP contribution in [-0.4, -0.2) is 29.6 Å². The van der Waals surface area contributed by atoms with Crippen molar-refractivity contribution in [1.29, 1.82) is 0 Å². The van der Waals surface area contributed by atoms with Gasteiger partial charge < -0.3 is 4.90 Å². The molecule has 1 fully saturated rings. The van der Waals surface area contributed by atoms with Crippen LogP contribution >= 0.6 is 23.4 Å². The second kappa shape index (κ2) is 5.73. The van der Waals surface area contributed by atoms with Gasteiger partial charge in [-0.15, -0.1) is 11.6 Å². The number of nitrogens with zero attached hydrogens (tertiary/aromatic N) is 2. The summed E-state index contributed by atoms with van der Waals surface area (Å²) < 4.78 is 13.0. The number of rotatable bonds is 2. The summed E-state index contributed by atoms with van der Waals surface area (Å²) in [6, 6.07) is 1.48. The molecule has 0 aliphatic carbocycles. The molecule has 1 saturated heterocycles. The quantitative estimate of drug-likeness (QED) is 0.761. The van der Waals surface area contributed by atoms with Crippen molar-refractivity contribution in [2.24, 2.45) is 0 Å². The van der Waals surface area contributed by atoms with E-state index >= 15 is 0 Å². The van der Waals surface area contributed by atoms with E-state index in [-0.39, 0.29) is 5.82 Å². The third-order valence-electron chi connectivity index (χ3n) is 2.58. The molecule has 1 aromatic heterocycles. The summed E-state index contributed by atoms with van der Waals surface area (Å²) in [6.07, 6.45) is 2.41. The van der Waals surface area contributed by atoms with E-state index < -0.39 is 0 Å². The first kappa shape index (κ1) is 12.0. The Bertz CT molecular complexity index is 354. The number of alkyl halides is 1. The maximum Gasteiger partial charge on any atom is 0.141 e. The fourth-order valence-corrected chi connectivity index (χ4v) is 2.90. The Labute approximate surface area is 104 Å². The van der Waals surface area contributed by atoms with E-state index in [9.17, 15) is 4.39 Å². The van der Waals surface area contributed by atoms with E-state index in [4.69, 9.17) is 11.6 Å². The van der Waals surface area contributed by atoms with Gasteiger partial charge in [-0.3, -0.25) is 0 Å². The van der Waals surface area contributed by atoms with E-state index in [2.05, 4.69) is 9.88 Å². The molecule has 0 bridgehead atoms. The van der Waals surface area contributed by atoms with Gasteiger partial charge in [-0.2, -0.15) is 11.8 Å². The summed E-state index contributed by atoms with van der Waals surface area (Å²) in [5.74, 6) is 3.13. The number of pyridine rings is 1. The first-order valence-corrected chi connectivity index (χ1v) is 7.03. The lowest BCUT2D eigenvalue weighted by molar-refractivity contribution is 0.618. The monoisotopic (exact) mass is 260 g/mol. The zero-order valence-electron chi connectivity index (χ0n) is 8.96. The van der Waals surface area contributed by atoms with E-state index in [1.165, 1.54) is 18.0 Å². The zero-order chi connectivity index (χ0) is 11.4. The molecule has 0 unspecified atom stereocenters. The predicted octanol–water partition coefficient (Wildman–Crippen LogP) is 2.90. The minimum atomic E-state index is -0.316. The molecule has 2 nitrogen and oxygen atoms in total. The summed E-state index contributed by atoms with van der Waals surface area (Å²) in [5, 5.41) is 0. The van der Waals surface area contributed by atoms with Crippen LogP contribution in [0.3, 0.4) is 0 Å². The highest BCUT2D eigenvalue weighted by Gasteiger charge is 2.15. The minimum Gasteiger partial charge on any atom is -0.355 e. The average molecular weight is 261 g/mol. The topological polar surface area (TPSA) is 16.1 Å². The summed E-state index contributed by atoms with van der Waals surface area (Å²) in [6.45, 7) is 1.95. The first-order chi connectivity index (χ1) is 7.81. The molecule has 0 atom stereocenters. The van der Waals surface area contributed by atoms with Crippen LogP contribution in [0.15, 0.2) is 12.3 Å². The van der Waals surface area contributed by atoms with Crippen molar-refractivity contribution >= 4 is 29.2 Å². The predicted molar refractivity (Wildman–Crippen MR) is 67.9 cm³/mol. The number of aromatic nitrogens is 1. The van der Waals surface area contributed by atoms with E-state index in [0.29, 0.717) is 5.88 Å². The molecule has 1 aliphatic rings. The van der Waals surface area contributed by atoms with Gasteiger partial charge >= 0.3 is 0 Å². The maximum atomic E-state index is 13.0. The molecular formula is C11H14ClFN2S. The fourth-order valence-electron chi connectivity index (χ4n) is 1.81. The van der Waals surface area contributed by atoms with Crippen LogP contribution in [0.4, 0.5) is 10.2 Å². The zero-order valence-corrected chi connectivity index (χ0v) is 10.5. The van der Waals surface area contributed by atoms with Gasteiger partial charge in [0.2, 0.25) is 0 Å². The van der Waals surface area contributed by atoms with E-state index in [1.807, 2.05) is 11.8 Å². The highest BCUT2D eigenvalue weighted by atomic mass is 35.5. The average Bonchev–Trinajstić information content (AvgIpc) is 2.57. The van der Waals surface area contributed by atoms with Crippen LogP contribution in [0.1, 0.15) is 12.0 Å². The molecule has 88 valence electrons. The standard InChI is InChI=1S/C11H14ClFN2S/c12-7-9-6-10(13)8-14-11(9)15-2-1-4-16-5-3-15/h6,8H,1-5,7H2. The summed E-state index contributed by atoms with van der Waals surface area (Å²) in [5.41, 5.74) is 0.786. The second-order valence-electron chi connectivity index (χ2n) is 3.72. The molecule has 0 N–H and O–H groups in total. The second-order valence-corrected chi connectivity index (χ2v) is 5.21. The smallest absolute Gasteiger partial charge is 0.141 e. The summed E-state index contributed by atoms with van der Waals surface area (Å²) in [7, 11) is 0. The van der Waals surface area contributed by atoms with Crippen LogP contribution in [-0.2, 0) is 5.88 Å². The van der Waals surface area contributed by atoms with Crippen LogP contribution < -0.4 is 4.90 Å². The van der Waals surface area contributed by atoms with Crippen molar-refractivity contribution < 1.29 is 4.39 Å². The molecule has 2 heterocycles. The van der Waals surface area contributed by atoms with Crippen molar-refractivity contribution in [2.75, 3.05) is 29.5 Å². The molecule has 2 rings (SSSR count). The first-order valence-electron chi connectivity index (χ1n) is 5.34. The molecule has 0 spiro atoms. The molecule has 16 heavy (non-hydrogen) atoms. The SMILES string of the molecule is Fc1cnc(N2CCCSCC2)c(CCl)c1.